The second-order valence-corrected chi connectivity index (χ2v) is 8.72. The summed E-state index contributed by atoms with van der Waals surface area (Å²) in [6.07, 6.45) is 3.74. The van der Waals surface area contributed by atoms with Gasteiger partial charge in [0.15, 0.2) is 5.75 Å². The summed E-state index contributed by atoms with van der Waals surface area (Å²) in [5.74, 6) is 1.30. The third-order valence-corrected chi connectivity index (χ3v) is 6.37. The fourth-order valence-electron chi connectivity index (χ4n) is 4.55. The summed E-state index contributed by atoms with van der Waals surface area (Å²) in [6.45, 7) is 2.77. The van der Waals surface area contributed by atoms with E-state index in [2.05, 4.69) is 45.3 Å². The van der Waals surface area contributed by atoms with Gasteiger partial charge in [-0.3, -0.25) is 9.67 Å². The molecule has 0 aliphatic carbocycles. The first-order chi connectivity index (χ1) is 17.7. The molecule has 2 aromatic carbocycles. The highest BCUT2D eigenvalue weighted by Crippen LogP contribution is 2.39. The summed E-state index contributed by atoms with van der Waals surface area (Å²) in [5, 5.41) is 5.61. The predicted molar refractivity (Wildman–Crippen MR) is 140 cm³/mol. The van der Waals surface area contributed by atoms with Crippen molar-refractivity contribution in [3.05, 3.63) is 73.1 Å². The number of hydrogen-bond acceptors (Lipinski definition) is 7. The van der Waals surface area contributed by atoms with E-state index in [4.69, 9.17) is 19.4 Å². The number of anilines is 1. The maximum absolute atomic E-state index is 5.99. The van der Waals surface area contributed by atoms with Gasteiger partial charge in [-0.2, -0.15) is 5.10 Å². The van der Waals surface area contributed by atoms with E-state index >= 15 is 0 Å². The van der Waals surface area contributed by atoms with Gasteiger partial charge in [0, 0.05) is 54.6 Å². The van der Waals surface area contributed by atoms with E-state index in [1.165, 1.54) is 0 Å². The summed E-state index contributed by atoms with van der Waals surface area (Å²) in [4.78, 5) is 16.7. The van der Waals surface area contributed by atoms with Crippen LogP contribution in [0.2, 0.25) is 0 Å². The highest BCUT2D eigenvalue weighted by molar-refractivity contribution is 5.87. The van der Waals surface area contributed by atoms with Crippen molar-refractivity contribution in [1.29, 1.82) is 0 Å². The summed E-state index contributed by atoms with van der Waals surface area (Å²) in [5.41, 5.74) is 6.24. The molecule has 0 unspecified atom stereocenters. The van der Waals surface area contributed by atoms with Gasteiger partial charge in [-0.05, 0) is 30.3 Å². The minimum Gasteiger partial charge on any atom is -0.492 e. The molecule has 1 fully saturated rings. The molecule has 1 saturated heterocycles. The molecule has 0 spiro atoms. The number of morpholine rings is 1. The van der Waals surface area contributed by atoms with Crippen LogP contribution in [0, 0.1) is 0 Å². The Hall–Kier alpha value is -4.30. The van der Waals surface area contributed by atoms with Crippen LogP contribution in [0.15, 0.2) is 73.1 Å². The van der Waals surface area contributed by atoms with Crippen LogP contribution in [-0.4, -0.2) is 58.1 Å². The zero-order chi connectivity index (χ0) is 24.5. The van der Waals surface area contributed by atoms with Gasteiger partial charge in [-0.25, -0.2) is 9.97 Å². The number of aryl methyl sites for hydroxylation is 1. The summed E-state index contributed by atoms with van der Waals surface area (Å²) >= 11 is 0. The SMILES string of the molecule is COc1c(-c2cccc(-c3ccn(C)n3)c2)nc(N2CCOCC2)nc1-c1ccc2ncccc2c1. The molecular weight excluding hydrogens is 452 g/mol. The number of benzene rings is 2. The number of nitrogens with zero attached hydrogens (tertiary/aromatic N) is 6. The van der Waals surface area contributed by atoms with E-state index in [-0.39, 0.29) is 0 Å². The van der Waals surface area contributed by atoms with Gasteiger partial charge in [0.1, 0.15) is 11.4 Å². The topological polar surface area (TPSA) is 78.2 Å². The lowest BCUT2D eigenvalue weighted by Crippen LogP contribution is -2.37. The Labute approximate surface area is 209 Å². The van der Waals surface area contributed by atoms with Crippen molar-refractivity contribution >= 4 is 16.9 Å². The standard InChI is InChI=1S/C28H26N6O2/c1-33-12-10-24(32-33)20-5-3-6-21(18-20)25-27(35-2)26(31-28(30-25)34-13-15-36-16-14-34)22-8-9-23-19(17-22)7-4-11-29-23/h3-12,17-18H,13-16H2,1-2H3. The molecule has 36 heavy (non-hydrogen) atoms. The molecule has 6 rings (SSSR count). The Morgan fingerprint density at radius 3 is 2.39 bits per heavy atom. The van der Waals surface area contributed by atoms with Crippen LogP contribution in [0.25, 0.3) is 44.7 Å². The molecule has 0 amide bonds. The Kier molecular flexibility index (Phi) is 5.79. The van der Waals surface area contributed by atoms with Crippen molar-refractivity contribution in [3.63, 3.8) is 0 Å². The van der Waals surface area contributed by atoms with Crippen LogP contribution in [0.4, 0.5) is 5.95 Å². The number of fused-ring (bicyclic) bond motifs is 1. The minimum absolute atomic E-state index is 0.633. The molecule has 0 radical (unpaired) electrons. The van der Waals surface area contributed by atoms with Crippen molar-refractivity contribution < 1.29 is 9.47 Å². The average molecular weight is 479 g/mol. The number of methoxy groups -OCH3 is 1. The van der Waals surface area contributed by atoms with Crippen molar-refractivity contribution in [2.24, 2.45) is 7.05 Å². The molecule has 5 aromatic rings. The smallest absolute Gasteiger partial charge is 0.226 e. The summed E-state index contributed by atoms with van der Waals surface area (Å²) in [7, 11) is 3.59. The van der Waals surface area contributed by atoms with Crippen molar-refractivity contribution in [2.45, 2.75) is 0 Å². The number of rotatable bonds is 5. The monoisotopic (exact) mass is 478 g/mol. The normalized spacial score (nSPS) is 13.8. The van der Waals surface area contributed by atoms with E-state index in [1.54, 1.807) is 18.0 Å². The van der Waals surface area contributed by atoms with E-state index in [0.717, 1.165) is 57.8 Å². The molecular formula is C28H26N6O2. The molecule has 0 N–H and O–H groups in total. The average Bonchev–Trinajstić information content (AvgIpc) is 3.39. The molecule has 0 saturated carbocycles. The zero-order valence-corrected chi connectivity index (χ0v) is 20.3. The first-order valence-corrected chi connectivity index (χ1v) is 11.9. The van der Waals surface area contributed by atoms with Crippen LogP contribution in [-0.2, 0) is 11.8 Å². The molecule has 4 heterocycles. The molecule has 0 bridgehead atoms. The van der Waals surface area contributed by atoms with Gasteiger partial charge >= 0.3 is 0 Å². The van der Waals surface area contributed by atoms with Crippen LogP contribution in [0.3, 0.4) is 0 Å². The largest absolute Gasteiger partial charge is 0.492 e. The number of pyridine rings is 1. The minimum atomic E-state index is 0.633. The first kappa shape index (κ1) is 22.2. The quantitative estimate of drug-likeness (QED) is 0.365. The second kappa shape index (κ2) is 9.39. The van der Waals surface area contributed by atoms with Gasteiger partial charge in [0.25, 0.3) is 0 Å². The molecule has 8 nitrogen and oxygen atoms in total. The van der Waals surface area contributed by atoms with E-state index < -0.39 is 0 Å². The lowest BCUT2D eigenvalue weighted by Gasteiger charge is -2.28. The predicted octanol–water partition coefficient (Wildman–Crippen LogP) is 4.60. The number of hydrogen-bond donors (Lipinski definition) is 0. The fraction of sp³-hybridized carbons (Fsp3) is 0.214. The maximum atomic E-state index is 5.99. The van der Waals surface area contributed by atoms with Crippen molar-refractivity contribution in [3.8, 4) is 39.5 Å². The van der Waals surface area contributed by atoms with Gasteiger partial charge in [-0.1, -0.05) is 30.3 Å². The molecule has 180 valence electrons. The van der Waals surface area contributed by atoms with Crippen molar-refractivity contribution in [1.82, 2.24) is 24.7 Å². The molecule has 8 heteroatoms. The zero-order valence-electron chi connectivity index (χ0n) is 20.3. The van der Waals surface area contributed by atoms with Crippen LogP contribution in [0.5, 0.6) is 5.75 Å². The van der Waals surface area contributed by atoms with Crippen LogP contribution < -0.4 is 9.64 Å². The Morgan fingerprint density at radius 2 is 1.64 bits per heavy atom. The van der Waals surface area contributed by atoms with Gasteiger partial charge in [0.05, 0.1) is 31.5 Å². The van der Waals surface area contributed by atoms with Gasteiger partial charge < -0.3 is 14.4 Å². The van der Waals surface area contributed by atoms with E-state index in [1.807, 2.05) is 43.6 Å². The van der Waals surface area contributed by atoms with Gasteiger partial charge in [-0.15, -0.1) is 0 Å². The van der Waals surface area contributed by atoms with E-state index in [0.29, 0.717) is 24.9 Å². The Bertz CT molecular complexity index is 1540. The second-order valence-electron chi connectivity index (χ2n) is 8.72. The number of ether oxygens (including phenoxy) is 2. The van der Waals surface area contributed by atoms with E-state index in [9.17, 15) is 0 Å². The maximum Gasteiger partial charge on any atom is 0.226 e. The highest BCUT2D eigenvalue weighted by atomic mass is 16.5. The van der Waals surface area contributed by atoms with Gasteiger partial charge in [0.2, 0.25) is 5.95 Å². The summed E-state index contributed by atoms with van der Waals surface area (Å²) in [6, 6.07) is 20.4. The molecule has 3 aromatic heterocycles. The third kappa shape index (κ3) is 4.16. The molecule has 0 atom stereocenters. The van der Waals surface area contributed by atoms with Crippen molar-refractivity contribution in [2.75, 3.05) is 38.3 Å². The Morgan fingerprint density at radius 1 is 0.861 bits per heavy atom. The molecule has 1 aliphatic heterocycles. The fourth-order valence-corrected chi connectivity index (χ4v) is 4.55. The third-order valence-electron chi connectivity index (χ3n) is 6.37. The number of aromatic nitrogens is 5. The van der Waals surface area contributed by atoms with Crippen LogP contribution in [0.1, 0.15) is 0 Å². The Balaban J connectivity index is 1.55. The lowest BCUT2D eigenvalue weighted by molar-refractivity contribution is 0.122. The molecule has 1 aliphatic rings. The van der Waals surface area contributed by atoms with Crippen LogP contribution >= 0.6 is 0 Å². The first-order valence-electron chi connectivity index (χ1n) is 11.9. The highest BCUT2D eigenvalue weighted by Gasteiger charge is 2.23. The summed E-state index contributed by atoms with van der Waals surface area (Å²) < 4.78 is 13.4. The lowest BCUT2D eigenvalue weighted by atomic mass is 10.0.